The van der Waals surface area contributed by atoms with Crippen LogP contribution in [-0.4, -0.2) is 98.9 Å². The molecule has 2 aromatic rings. The Bertz CT molecular complexity index is 1830. The summed E-state index contributed by atoms with van der Waals surface area (Å²) in [6.07, 6.45) is 7.41. The third kappa shape index (κ3) is 8.93. The normalized spacial score (nSPS) is 20.3. The fourth-order valence-corrected chi connectivity index (χ4v) is 9.21. The monoisotopic (exact) mass is 747 g/mol. The molecule has 1 saturated heterocycles. The maximum atomic E-state index is 12.2. The average Bonchev–Trinajstić information content (AvgIpc) is 3.99. The molecule has 5 aliphatic rings. The van der Waals surface area contributed by atoms with Gasteiger partial charge in [-0.15, -0.1) is 0 Å². The molecule has 286 valence electrons. The molecule has 4 unspecified atom stereocenters. The minimum absolute atomic E-state index is 0.133. The second-order valence-electron chi connectivity index (χ2n) is 14.0. The number of ether oxygens (including phenoxy) is 5. The van der Waals surface area contributed by atoms with Crippen molar-refractivity contribution in [2.45, 2.75) is 74.7 Å². The van der Waals surface area contributed by atoms with Crippen molar-refractivity contribution in [3.63, 3.8) is 0 Å². The highest BCUT2D eigenvalue weighted by atomic mass is 32.2. The van der Waals surface area contributed by atoms with Crippen molar-refractivity contribution < 1.29 is 28.5 Å². The van der Waals surface area contributed by atoms with Crippen molar-refractivity contribution in [3.8, 4) is 28.5 Å². The van der Waals surface area contributed by atoms with Crippen LogP contribution >= 0.6 is 11.8 Å². The lowest BCUT2D eigenvalue weighted by atomic mass is 10.0. The number of methoxy groups -OCH3 is 2. The third-order valence-corrected chi connectivity index (χ3v) is 11.9. The Balaban J connectivity index is 0.714. The number of nitrogens with two attached hydrogens (primary N) is 1. The number of carbonyl (C=O) groups excluding carboxylic acids is 1. The number of nitrogens with zero attached hydrogens (tertiary/aromatic N) is 1. The largest absolute Gasteiger partial charge is 0.493 e. The summed E-state index contributed by atoms with van der Waals surface area (Å²) < 4.78 is 28.4. The van der Waals surface area contributed by atoms with Gasteiger partial charge in [-0.2, -0.15) is 11.8 Å². The van der Waals surface area contributed by atoms with E-state index in [0.717, 1.165) is 90.0 Å². The Morgan fingerprint density at radius 3 is 2.66 bits per heavy atom. The van der Waals surface area contributed by atoms with Gasteiger partial charge in [-0.1, -0.05) is 12.5 Å². The summed E-state index contributed by atoms with van der Waals surface area (Å²) in [5.41, 5.74) is 10.6. The van der Waals surface area contributed by atoms with Crippen LogP contribution in [-0.2, 0) is 20.7 Å². The highest BCUT2D eigenvalue weighted by molar-refractivity contribution is 8.00. The van der Waals surface area contributed by atoms with Gasteiger partial charge in [-0.05, 0) is 85.4 Å². The summed E-state index contributed by atoms with van der Waals surface area (Å²) >= 11 is 1.97. The number of thioether (sulfide) groups is 1. The molecular formula is C39H53N7O6S. The van der Waals surface area contributed by atoms with E-state index in [4.69, 9.17) is 29.4 Å². The van der Waals surface area contributed by atoms with E-state index in [2.05, 4.69) is 49.3 Å². The first-order valence-corrected chi connectivity index (χ1v) is 20.0. The molecule has 14 heteroatoms. The maximum absolute atomic E-state index is 12.2. The molecule has 2 aromatic carbocycles. The summed E-state index contributed by atoms with van der Waals surface area (Å²) in [5, 5.41) is 19.4. The highest BCUT2D eigenvalue weighted by Crippen LogP contribution is 2.44. The first-order valence-electron chi connectivity index (χ1n) is 18.9. The molecule has 0 saturated carbocycles. The van der Waals surface area contributed by atoms with Crippen LogP contribution in [0.3, 0.4) is 0 Å². The lowest BCUT2D eigenvalue weighted by Gasteiger charge is -2.15. The van der Waals surface area contributed by atoms with E-state index in [1.807, 2.05) is 30.0 Å². The number of hydrogen-bond acceptors (Lipinski definition) is 11. The summed E-state index contributed by atoms with van der Waals surface area (Å²) in [6, 6.07) is 13.4. The van der Waals surface area contributed by atoms with Gasteiger partial charge in [0.2, 0.25) is 5.91 Å². The average molecular weight is 748 g/mol. The zero-order chi connectivity index (χ0) is 36.6. The van der Waals surface area contributed by atoms with Crippen molar-refractivity contribution >= 4 is 40.2 Å². The van der Waals surface area contributed by atoms with Crippen molar-refractivity contribution in [1.82, 2.24) is 20.8 Å². The van der Waals surface area contributed by atoms with Gasteiger partial charge >= 0.3 is 0 Å². The Morgan fingerprint density at radius 2 is 1.79 bits per heavy atom. The van der Waals surface area contributed by atoms with Gasteiger partial charge in [0.05, 0.1) is 57.9 Å². The lowest BCUT2D eigenvalue weighted by molar-refractivity contribution is -0.121. The van der Waals surface area contributed by atoms with E-state index in [9.17, 15) is 4.79 Å². The molecule has 13 nitrogen and oxygen atoms in total. The second-order valence-corrected chi connectivity index (χ2v) is 15.2. The van der Waals surface area contributed by atoms with Gasteiger partial charge in [0, 0.05) is 41.5 Å². The molecule has 1 fully saturated rings. The number of aromatic nitrogens is 2. The van der Waals surface area contributed by atoms with Crippen molar-refractivity contribution in [2.24, 2.45) is 10.7 Å². The van der Waals surface area contributed by atoms with E-state index in [1.165, 1.54) is 11.1 Å². The summed E-state index contributed by atoms with van der Waals surface area (Å²) in [5.74, 6) is 5.03. The molecule has 7 rings (SSSR count). The number of unbranched alkanes of at least 4 members (excludes halogenated alkanes) is 2. The number of aryl methyl sites for hydroxylation is 1. The van der Waals surface area contributed by atoms with Gasteiger partial charge in [-0.25, -0.2) is 4.99 Å². The van der Waals surface area contributed by atoms with Crippen molar-refractivity contribution in [2.75, 3.05) is 64.9 Å². The third-order valence-electron chi connectivity index (χ3n) is 10.4. The second kappa shape index (κ2) is 17.7. The van der Waals surface area contributed by atoms with Crippen LogP contribution in [0, 0.1) is 0 Å². The van der Waals surface area contributed by atoms with Gasteiger partial charge in [-0.3, -0.25) is 15.0 Å². The van der Waals surface area contributed by atoms with Crippen LogP contribution in [0.5, 0.6) is 17.2 Å². The van der Waals surface area contributed by atoms with Gasteiger partial charge in [0.25, 0.3) is 0 Å². The number of benzene rings is 2. The van der Waals surface area contributed by atoms with Gasteiger partial charge in [0.1, 0.15) is 18.2 Å². The van der Waals surface area contributed by atoms with Crippen LogP contribution in [0.25, 0.3) is 22.0 Å². The van der Waals surface area contributed by atoms with Crippen LogP contribution in [0.4, 0.5) is 5.82 Å². The van der Waals surface area contributed by atoms with Crippen LogP contribution in [0.15, 0.2) is 41.4 Å². The molecule has 4 atom stereocenters. The van der Waals surface area contributed by atoms with Crippen LogP contribution < -0.4 is 35.9 Å². The highest BCUT2D eigenvalue weighted by Gasteiger charge is 2.40. The van der Waals surface area contributed by atoms with E-state index in [0.29, 0.717) is 75.0 Å². The Kier molecular flexibility index (Phi) is 12.4. The molecule has 2 aliphatic carbocycles. The topological polar surface area (TPSA) is 169 Å². The molecule has 3 heterocycles. The Labute approximate surface area is 315 Å². The number of fused-ring (bicyclic) bond motifs is 5. The Hall–Kier alpha value is -4.27. The number of anilines is 1. The SMILES string of the molecule is COc1cc2cc3c(NC4CCc5cc(OCCOCCOCCCCNC(=O)CCCCC6SCC7NC(N)=NC76)ccc54)[nH][nH]c-3c2cc1OC. The molecule has 0 aromatic heterocycles. The molecule has 3 aliphatic heterocycles. The molecule has 0 radical (unpaired) electrons. The first-order chi connectivity index (χ1) is 26.0. The lowest BCUT2D eigenvalue weighted by Crippen LogP contribution is -2.38. The number of carbonyl (C=O) groups is 1. The predicted octanol–water partition coefficient (Wildman–Crippen LogP) is 5.36. The Morgan fingerprint density at radius 1 is 0.962 bits per heavy atom. The number of hydrogen-bond donors (Lipinski definition) is 6. The fraction of sp³-hybridized carbons (Fsp3) is 0.538. The summed E-state index contributed by atoms with van der Waals surface area (Å²) in [6.45, 7) is 3.40. The molecule has 7 N–H and O–H groups in total. The fourth-order valence-electron chi connectivity index (χ4n) is 7.69. The zero-order valence-corrected chi connectivity index (χ0v) is 31.6. The first kappa shape index (κ1) is 37.1. The number of H-pyrrole nitrogens is 2. The molecule has 0 bridgehead atoms. The molecule has 0 spiro atoms. The predicted molar refractivity (Wildman–Crippen MR) is 210 cm³/mol. The summed E-state index contributed by atoms with van der Waals surface area (Å²) in [4.78, 5) is 16.7. The van der Waals surface area contributed by atoms with Crippen molar-refractivity contribution in [1.29, 1.82) is 0 Å². The quantitative estimate of drug-likeness (QED) is 0.0611. The van der Waals surface area contributed by atoms with Gasteiger partial charge in [0.15, 0.2) is 17.5 Å². The summed E-state index contributed by atoms with van der Waals surface area (Å²) in [7, 11) is 3.31. The number of nitrogens with one attached hydrogen (secondary N) is 5. The number of amides is 1. The number of aromatic amines is 2. The van der Waals surface area contributed by atoms with Crippen LogP contribution in [0.1, 0.15) is 62.1 Å². The van der Waals surface area contributed by atoms with E-state index < -0.39 is 0 Å². The minimum atomic E-state index is 0.133. The van der Waals surface area contributed by atoms with Gasteiger partial charge < -0.3 is 45.4 Å². The zero-order valence-electron chi connectivity index (χ0n) is 30.8. The number of aliphatic imine (C=N–C) groups is 1. The number of guanidine groups is 1. The molecule has 1 amide bonds. The van der Waals surface area contributed by atoms with Crippen molar-refractivity contribution in [3.05, 3.63) is 47.5 Å². The molecular weight excluding hydrogens is 695 g/mol. The van der Waals surface area contributed by atoms with E-state index >= 15 is 0 Å². The standard InChI is InChI=1S/C39H53N7O6S/c1-48-32-21-25-20-29-36(28(25)22-33(32)49-2)45-46-38(29)42-30-12-9-24-19-26(10-11-27(24)30)52-18-17-51-16-15-50-14-6-5-13-41-35(47)8-4-3-7-34-37-31(23-53-34)43-39(40)44-37/h10-11,19-22,30-31,34,37,42,45-46H,3-9,12-18,23H2,1-2H3,(H,41,47)(H3,40,43,44). The van der Waals surface area contributed by atoms with Crippen LogP contribution in [0.2, 0.25) is 0 Å². The van der Waals surface area contributed by atoms with E-state index in [-0.39, 0.29) is 11.9 Å². The number of rotatable bonds is 21. The maximum Gasteiger partial charge on any atom is 0.219 e. The minimum Gasteiger partial charge on any atom is -0.493 e. The molecule has 53 heavy (non-hydrogen) atoms. The van der Waals surface area contributed by atoms with E-state index in [1.54, 1.807) is 14.2 Å². The smallest absolute Gasteiger partial charge is 0.219 e.